The molecule has 1 atom stereocenters. The summed E-state index contributed by atoms with van der Waals surface area (Å²) in [6.07, 6.45) is 14.6. The predicted octanol–water partition coefficient (Wildman–Crippen LogP) is 7.42. The number of hydrogen-bond donors (Lipinski definition) is 0. The highest BCUT2D eigenvalue weighted by Gasteiger charge is 2.52. The Labute approximate surface area is 164 Å². The van der Waals surface area contributed by atoms with Crippen molar-refractivity contribution in [2.45, 2.75) is 32.1 Å². The second-order valence-corrected chi connectivity index (χ2v) is 6.95. The van der Waals surface area contributed by atoms with Gasteiger partial charge in [-0.2, -0.15) is 0 Å². The van der Waals surface area contributed by atoms with Crippen LogP contribution in [0.3, 0.4) is 0 Å². The Morgan fingerprint density at radius 1 is 0.963 bits per heavy atom. The monoisotopic (exact) mass is 352 g/mol. The van der Waals surface area contributed by atoms with Gasteiger partial charge in [0.1, 0.15) is 0 Å². The molecule has 0 nitrogen and oxygen atoms in total. The van der Waals surface area contributed by atoms with E-state index in [2.05, 4.69) is 75.7 Å². The topological polar surface area (TPSA) is 0 Å². The fraction of sp³-hybridized carbons (Fsp3) is 0.185. The highest BCUT2D eigenvalue weighted by atomic mass is 14.5. The zero-order valence-corrected chi connectivity index (χ0v) is 16.5. The van der Waals surface area contributed by atoms with Crippen LogP contribution in [0, 0.1) is 0 Å². The maximum atomic E-state index is 4.49. The van der Waals surface area contributed by atoms with Gasteiger partial charge in [0.25, 0.3) is 0 Å². The highest BCUT2D eigenvalue weighted by molar-refractivity contribution is 5.95. The van der Waals surface area contributed by atoms with Crippen LogP contribution in [0.5, 0.6) is 0 Å². The molecule has 0 amide bonds. The van der Waals surface area contributed by atoms with E-state index in [-0.39, 0.29) is 0 Å². The average molecular weight is 353 g/mol. The third-order valence-corrected chi connectivity index (χ3v) is 5.65. The van der Waals surface area contributed by atoms with E-state index in [1.807, 2.05) is 25.2 Å². The van der Waals surface area contributed by atoms with Gasteiger partial charge < -0.3 is 0 Å². The number of unbranched alkanes of at least 4 members (excludes halogenated alkanes) is 1. The zero-order valence-electron chi connectivity index (χ0n) is 16.5. The molecule has 0 fully saturated rings. The first-order valence-electron chi connectivity index (χ1n) is 9.63. The molecule has 1 aromatic rings. The van der Waals surface area contributed by atoms with E-state index in [4.69, 9.17) is 0 Å². The van der Waals surface area contributed by atoms with E-state index in [0.29, 0.717) is 0 Å². The summed E-state index contributed by atoms with van der Waals surface area (Å²) in [6.45, 7) is 21.2. The first kappa shape index (κ1) is 18.9. The van der Waals surface area contributed by atoms with Crippen molar-refractivity contribution in [3.05, 3.63) is 126 Å². The van der Waals surface area contributed by atoms with E-state index in [0.717, 1.165) is 29.6 Å². The number of benzene rings is 1. The predicted molar refractivity (Wildman–Crippen MR) is 120 cm³/mol. The van der Waals surface area contributed by atoms with Gasteiger partial charge >= 0.3 is 0 Å². The average Bonchev–Trinajstić information content (AvgIpc) is 3.10. The minimum Gasteiger partial charge on any atom is -0.0987 e. The lowest BCUT2D eigenvalue weighted by molar-refractivity contribution is 0.766. The van der Waals surface area contributed by atoms with Crippen LogP contribution >= 0.6 is 0 Å². The third kappa shape index (κ3) is 2.44. The van der Waals surface area contributed by atoms with E-state index < -0.39 is 5.41 Å². The Morgan fingerprint density at radius 2 is 1.63 bits per heavy atom. The van der Waals surface area contributed by atoms with Crippen molar-refractivity contribution in [2.75, 3.05) is 0 Å². The smallest absolute Gasteiger partial charge is 0.0721 e. The molecule has 1 unspecified atom stereocenters. The summed E-state index contributed by atoms with van der Waals surface area (Å²) < 4.78 is 0. The van der Waals surface area contributed by atoms with Crippen LogP contribution in [0.2, 0.25) is 0 Å². The lowest BCUT2D eigenvalue weighted by Crippen LogP contribution is -2.27. The Bertz CT molecular complexity index is 956. The van der Waals surface area contributed by atoms with Gasteiger partial charge in [0.05, 0.1) is 5.41 Å². The quantitative estimate of drug-likeness (QED) is 0.499. The Hall–Kier alpha value is -2.86. The van der Waals surface area contributed by atoms with Crippen molar-refractivity contribution >= 4 is 5.57 Å². The maximum absolute atomic E-state index is 4.49. The van der Waals surface area contributed by atoms with Crippen molar-refractivity contribution in [3.63, 3.8) is 0 Å². The van der Waals surface area contributed by atoms with Crippen LogP contribution in [0.4, 0.5) is 0 Å². The van der Waals surface area contributed by atoms with Gasteiger partial charge in [-0.3, -0.25) is 0 Å². The SMILES string of the molecule is C=CC1=C(C=C)C2(C(C=C)=C(/C=C\C)C(=C)/C2=C\CCC)c2ccccc21. The molecule has 0 saturated heterocycles. The number of hydrogen-bond acceptors (Lipinski definition) is 0. The minimum atomic E-state index is -0.398. The lowest BCUT2D eigenvalue weighted by Gasteiger charge is -2.33. The molecule has 3 rings (SSSR count). The number of fused-ring (bicyclic) bond motifs is 2. The Morgan fingerprint density at radius 3 is 2.22 bits per heavy atom. The molecule has 1 spiro atoms. The Kier molecular flexibility index (Phi) is 5.19. The van der Waals surface area contributed by atoms with Crippen LogP contribution in [-0.2, 0) is 5.41 Å². The first-order valence-corrected chi connectivity index (χ1v) is 9.63. The summed E-state index contributed by atoms with van der Waals surface area (Å²) in [5.41, 5.74) is 9.11. The first-order chi connectivity index (χ1) is 13.1. The van der Waals surface area contributed by atoms with E-state index in [1.54, 1.807) is 0 Å². The van der Waals surface area contributed by atoms with Crippen LogP contribution in [-0.4, -0.2) is 0 Å². The molecule has 0 heteroatoms. The van der Waals surface area contributed by atoms with E-state index in [1.165, 1.54) is 27.8 Å². The lowest BCUT2D eigenvalue weighted by atomic mass is 9.68. The zero-order chi connectivity index (χ0) is 19.6. The van der Waals surface area contributed by atoms with Crippen molar-refractivity contribution in [1.29, 1.82) is 0 Å². The fourth-order valence-electron chi connectivity index (χ4n) is 4.67. The Balaban J connectivity index is 2.53. The molecule has 2 aliphatic rings. The summed E-state index contributed by atoms with van der Waals surface area (Å²) in [7, 11) is 0. The van der Waals surface area contributed by atoms with E-state index >= 15 is 0 Å². The molecule has 1 aromatic carbocycles. The molecular formula is C27H28. The molecule has 27 heavy (non-hydrogen) atoms. The summed E-state index contributed by atoms with van der Waals surface area (Å²) in [5.74, 6) is 0. The van der Waals surface area contributed by atoms with Gasteiger partial charge in [0.15, 0.2) is 0 Å². The molecule has 0 aromatic heterocycles. The van der Waals surface area contributed by atoms with Crippen molar-refractivity contribution in [3.8, 4) is 0 Å². The molecule has 0 saturated carbocycles. The number of rotatable bonds is 6. The molecule has 0 heterocycles. The van der Waals surface area contributed by atoms with E-state index in [9.17, 15) is 0 Å². The molecular weight excluding hydrogens is 324 g/mol. The van der Waals surface area contributed by atoms with Gasteiger partial charge in [-0.15, -0.1) is 0 Å². The van der Waals surface area contributed by atoms with Gasteiger partial charge in [-0.05, 0) is 57.9 Å². The van der Waals surface area contributed by atoms with Crippen molar-refractivity contribution < 1.29 is 0 Å². The molecule has 2 aliphatic carbocycles. The number of allylic oxidation sites excluding steroid dienone is 12. The summed E-state index contributed by atoms with van der Waals surface area (Å²) >= 11 is 0. The normalized spacial score (nSPS) is 23.0. The second kappa shape index (κ2) is 7.40. The van der Waals surface area contributed by atoms with Gasteiger partial charge in [-0.25, -0.2) is 0 Å². The molecule has 0 N–H and O–H groups in total. The van der Waals surface area contributed by atoms with Gasteiger partial charge in [0, 0.05) is 0 Å². The molecule has 0 bridgehead atoms. The van der Waals surface area contributed by atoms with Crippen molar-refractivity contribution in [2.24, 2.45) is 0 Å². The van der Waals surface area contributed by atoms with Crippen molar-refractivity contribution in [1.82, 2.24) is 0 Å². The highest BCUT2D eigenvalue weighted by Crippen LogP contribution is 2.62. The van der Waals surface area contributed by atoms with Gasteiger partial charge in [-0.1, -0.05) is 100 Å². The molecule has 0 aliphatic heterocycles. The second-order valence-electron chi connectivity index (χ2n) is 6.95. The third-order valence-electron chi connectivity index (χ3n) is 5.65. The van der Waals surface area contributed by atoms with Crippen LogP contribution in [0.1, 0.15) is 37.8 Å². The maximum Gasteiger partial charge on any atom is 0.0721 e. The summed E-state index contributed by atoms with van der Waals surface area (Å²) in [5, 5.41) is 0. The summed E-state index contributed by atoms with van der Waals surface area (Å²) in [6, 6.07) is 8.61. The largest absolute Gasteiger partial charge is 0.0987 e. The standard InChI is InChI=1S/C27H28/c1-7-12-17-25-19(6)21(15-8-2)24(11-5)27(25)23(10-4)20(9-3)22-16-13-14-18-26(22)27/h8-11,13-18H,3-7,12H2,1-2H3/b15-8-,25-17+. The molecule has 0 radical (unpaired) electrons. The summed E-state index contributed by atoms with van der Waals surface area (Å²) in [4.78, 5) is 0. The van der Waals surface area contributed by atoms with Crippen LogP contribution in [0.25, 0.3) is 5.57 Å². The van der Waals surface area contributed by atoms with Crippen LogP contribution in [0.15, 0.2) is 115 Å². The van der Waals surface area contributed by atoms with Crippen LogP contribution < -0.4 is 0 Å². The van der Waals surface area contributed by atoms with Gasteiger partial charge in [0.2, 0.25) is 0 Å². The molecule has 136 valence electrons. The fourth-order valence-corrected chi connectivity index (χ4v) is 4.67. The minimum absolute atomic E-state index is 0.398.